The molecule has 0 radical (unpaired) electrons. The number of nitrogens with zero attached hydrogens (tertiary/aromatic N) is 1. The maximum Gasteiger partial charge on any atom is 0.182 e. The zero-order chi connectivity index (χ0) is 12.1. The molecule has 0 aliphatic carbocycles. The molecule has 0 aromatic carbocycles. The zero-order valence-electron chi connectivity index (χ0n) is 9.31. The number of aliphatic hydroxyl groups excluding tert-OH is 2. The van der Waals surface area contributed by atoms with Crippen molar-refractivity contribution in [1.29, 1.82) is 0 Å². The molecule has 1 fully saturated rings. The summed E-state index contributed by atoms with van der Waals surface area (Å²) < 4.78 is 15.5. The molecular weight excluding hydrogens is 216 g/mol. The maximum absolute atomic E-state index is 10.00. The number of aliphatic hydroxyl groups is 2. The van der Waals surface area contributed by atoms with Crippen LogP contribution >= 0.6 is 0 Å². The number of aliphatic imine (C=N–C) groups is 1. The van der Waals surface area contributed by atoms with E-state index in [1.165, 1.54) is 14.2 Å². The van der Waals surface area contributed by atoms with Crippen molar-refractivity contribution < 1.29 is 24.4 Å². The first kappa shape index (κ1) is 13.3. The summed E-state index contributed by atoms with van der Waals surface area (Å²) in [5.74, 6) is 0. The minimum Gasteiger partial charge on any atom is -0.394 e. The van der Waals surface area contributed by atoms with Gasteiger partial charge in [0.05, 0.1) is 12.9 Å². The zero-order valence-corrected chi connectivity index (χ0v) is 9.31. The molecule has 1 aliphatic rings. The summed E-state index contributed by atoms with van der Waals surface area (Å²) in [5.41, 5.74) is 5.19. The normalized spacial score (nSPS) is 40.4. The van der Waals surface area contributed by atoms with Gasteiger partial charge in [-0.1, -0.05) is 0 Å². The molecule has 1 rings (SSSR count). The second-order valence-corrected chi connectivity index (χ2v) is 3.44. The van der Waals surface area contributed by atoms with Crippen LogP contribution in [-0.2, 0) is 14.2 Å². The monoisotopic (exact) mass is 234 g/mol. The molecule has 1 aliphatic heterocycles. The van der Waals surface area contributed by atoms with Crippen LogP contribution in [0.25, 0.3) is 0 Å². The summed E-state index contributed by atoms with van der Waals surface area (Å²) in [6, 6.07) is -0.664. The van der Waals surface area contributed by atoms with Crippen molar-refractivity contribution in [2.24, 2.45) is 10.7 Å². The quantitative estimate of drug-likeness (QED) is 0.387. The van der Waals surface area contributed by atoms with Crippen LogP contribution in [0.3, 0.4) is 0 Å². The highest BCUT2D eigenvalue weighted by Gasteiger charge is 2.45. The predicted molar refractivity (Wildman–Crippen MR) is 56.0 cm³/mol. The Morgan fingerprint density at radius 1 is 1.44 bits per heavy atom. The summed E-state index contributed by atoms with van der Waals surface area (Å²) in [7, 11) is 2.86. The smallest absolute Gasteiger partial charge is 0.182 e. The second kappa shape index (κ2) is 6.12. The molecule has 0 aromatic rings. The predicted octanol–water partition coefficient (Wildman–Crippen LogP) is -1.92. The molecule has 5 atom stereocenters. The Morgan fingerprint density at radius 3 is 2.56 bits per heavy atom. The number of nitrogens with two attached hydrogens (primary N) is 1. The van der Waals surface area contributed by atoms with Crippen molar-refractivity contribution in [3.05, 3.63) is 0 Å². The highest BCUT2D eigenvalue weighted by atomic mass is 16.7. The SMILES string of the molecule is COC1OC(CO)C(OC)C(O)C1N=CN. The molecule has 1 heterocycles. The van der Waals surface area contributed by atoms with Crippen molar-refractivity contribution >= 4 is 6.34 Å². The topological polar surface area (TPSA) is 107 Å². The summed E-state index contributed by atoms with van der Waals surface area (Å²) >= 11 is 0. The van der Waals surface area contributed by atoms with Gasteiger partial charge in [0.2, 0.25) is 0 Å². The summed E-state index contributed by atoms with van der Waals surface area (Å²) in [5, 5.41) is 19.1. The van der Waals surface area contributed by atoms with Crippen molar-refractivity contribution in [2.45, 2.75) is 30.6 Å². The van der Waals surface area contributed by atoms with Gasteiger partial charge in [0, 0.05) is 14.2 Å². The molecule has 16 heavy (non-hydrogen) atoms. The van der Waals surface area contributed by atoms with Gasteiger partial charge in [-0.2, -0.15) is 0 Å². The standard InChI is InChI=1S/C9H18N2O5/c1-14-8-5(3-12)16-9(15-2)6(7(8)13)11-4-10/h4-9,12-13H,3H2,1-2H3,(H2,10,11). The van der Waals surface area contributed by atoms with Crippen LogP contribution in [0.5, 0.6) is 0 Å². The third-order valence-corrected chi connectivity index (χ3v) is 2.58. The van der Waals surface area contributed by atoms with E-state index in [-0.39, 0.29) is 6.61 Å². The molecule has 1 saturated heterocycles. The van der Waals surface area contributed by atoms with Crippen LogP contribution in [0.2, 0.25) is 0 Å². The summed E-state index contributed by atoms with van der Waals surface area (Å²) in [6.45, 7) is -0.269. The Bertz CT molecular complexity index is 238. The fraction of sp³-hybridized carbons (Fsp3) is 0.889. The maximum atomic E-state index is 10.00. The van der Waals surface area contributed by atoms with E-state index < -0.39 is 30.6 Å². The van der Waals surface area contributed by atoms with Gasteiger partial charge in [0.15, 0.2) is 6.29 Å². The summed E-state index contributed by atoms with van der Waals surface area (Å²) in [4.78, 5) is 3.87. The average Bonchev–Trinajstić information content (AvgIpc) is 2.31. The van der Waals surface area contributed by atoms with E-state index in [2.05, 4.69) is 4.99 Å². The number of ether oxygens (including phenoxy) is 3. The summed E-state index contributed by atoms with van der Waals surface area (Å²) in [6.07, 6.45) is -1.92. The largest absolute Gasteiger partial charge is 0.394 e. The van der Waals surface area contributed by atoms with Crippen molar-refractivity contribution in [2.75, 3.05) is 20.8 Å². The van der Waals surface area contributed by atoms with Gasteiger partial charge in [-0.25, -0.2) is 0 Å². The van der Waals surface area contributed by atoms with Crippen LogP contribution in [0.1, 0.15) is 0 Å². The first-order chi connectivity index (χ1) is 7.69. The lowest BCUT2D eigenvalue weighted by Crippen LogP contribution is -2.59. The van der Waals surface area contributed by atoms with Gasteiger partial charge in [0.1, 0.15) is 24.4 Å². The van der Waals surface area contributed by atoms with Crippen LogP contribution in [0, 0.1) is 0 Å². The number of methoxy groups -OCH3 is 2. The average molecular weight is 234 g/mol. The molecule has 0 bridgehead atoms. The fourth-order valence-corrected chi connectivity index (χ4v) is 1.80. The van der Waals surface area contributed by atoms with E-state index in [4.69, 9.17) is 25.1 Å². The minimum absolute atomic E-state index is 0.269. The van der Waals surface area contributed by atoms with Gasteiger partial charge in [-0.15, -0.1) is 0 Å². The van der Waals surface area contributed by atoms with Crippen molar-refractivity contribution in [3.63, 3.8) is 0 Å². The minimum atomic E-state index is -0.944. The van der Waals surface area contributed by atoms with Crippen LogP contribution in [0.15, 0.2) is 4.99 Å². The Morgan fingerprint density at radius 2 is 2.12 bits per heavy atom. The van der Waals surface area contributed by atoms with Crippen molar-refractivity contribution in [1.82, 2.24) is 0 Å². The Balaban J connectivity index is 2.85. The molecule has 0 saturated carbocycles. The first-order valence-corrected chi connectivity index (χ1v) is 4.93. The van der Waals surface area contributed by atoms with Gasteiger partial charge in [-0.05, 0) is 0 Å². The van der Waals surface area contributed by atoms with E-state index in [0.717, 1.165) is 6.34 Å². The Labute approximate surface area is 93.8 Å². The van der Waals surface area contributed by atoms with Gasteiger partial charge in [0.25, 0.3) is 0 Å². The molecule has 7 heteroatoms. The van der Waals surface area contributed by atoms with Crippen molar-refractivity contribution in [3.8, 4) is 0 Å². The Hall–Kier alpha value is -0.730. The number of hydrogen-bond donors (Lipinski definition) is 3. The second-order valence-electron chi connectivity index (χ2n) is 3.44. The number of rotatable bonds is 4. The molecule has 0 aromatic heterocycles. The van der Waals surface area contributed by atoms with Gasteiger partial charge in [-0.3, -0.25) is 4.99 Å². The lowest BCUT2D eigenvalue weighted by molar-refractivity contribution is -0.262. The molecule has 0 spiro atoms. The molecule has 94 valence electrons. The van der Waals surface area contributed by atoms with E-state index in [1.54, 1.807) is 0 Å². The molecule has 7 nitrogen and oxygen atoms in total. The van der Waals surface area contributed by atoms with E-state index in [1.807, 2.05) is 0 Å². The third kappa shape index (κ3) is 2.50. The lowest BCUT2D eigenvalue weighted by atomic mass is 9.97. The van der Waals surface area contributed by atoms with Crippen LogP contribution < -0.4 is 5.73 Å². The number of hydrogen-bond acceptors (Lipinski definition) is 6. The van der Waals surface area contributed by atoms with Crippen LogP contribution in [0.4, 0.5) is 0 Å². The molecule has 5 unspecified atom stereocenters. The molecular formula is C9H18N2O5. The fourth-order valence-electron chi connectivity index (χ4n) is 1.80. The van der Waals surface area contributed by atoms with E-state index in [9.17, 15) is 5.11 Å². The third-order valence-electron chi connectivity index (χ3n) is 2.58. The Kier molecular flexibility index (Phi) is 5.10. The first-order valence-electron chi connectivity index (χ1n) is 4.93. The lowest BCUT2D eigenvalue weighted by Gasteiger charge is -2.41. The molecule has 0 amide bonds. The van der Waals surface area contributed by atoms with E-state index in [0.29, 0.717) is 0 Å². The van der Waals surface area contributed by atoms with Crippen LogP contribution in [-0.4, -0.2) is 68.0 Å². The highest BCUT2D eigenvalue weighted by Crippen LogP contribution is 2.25. The van der Waals surface area contributed by atoms with Gasteiger partial charge >= 0.3 is 0 Å². The van der Waals surface area contributed by atoms with E-state index >= 15 is 0 Å². The van der Waals surface area contributed by atoms with Gasteiger partial charge < -0.3 is 30.2 Å². The highest BCUT2D eigenvalue weighted by molar-refractivity contribution is 5.51. The molecule has 4 N–H and O–H groups in total.